The van der Waals surface area contributed by atoms with Crippen LogP contribution >= 0.6 is 15.9 Å². The van der Waals surface area contributed by atoms with E-state index in [0.29, 0.717) is 12.2 Å². The number of carbonyl (C=O) groups is 1. The highest BCUT2D eigenvalue weighted by Gasteiger charge is 2.23. The summed E-state index contributed by atoms with van der Waals surface area (Å²) in [4.78, 5) is 16.2. The number of aryl methyl sites for hydroxylation is 1. The molecule has 0 radical (unpaired) electrons. The summed E-state index contributed by atoms with van der Waals surface area (Å²) in [6.45, 7) is 1.92. The summed E-state index contributed by atoms with van der Waals surface area (Å²) in [5.41, 5.74) is 0.787. The molecule has 1 aromatic heterocycles. The number of amides is 1. The van der Waals surface area contributed by atoms with Gasteiger partial charge in [-0.1, -0.05) is 35.0 Å². The second kappa shape index (κ2) is 6.85. The normalized spacial score (nSPS) is 13.7. The summed E-state index contributed by atoms with van der Waals surface area (Å²) in [5, 5.41) is 2.96. The Balaban J connectivity index is 2.33. The first-order valence-electron chi connectivity index (χ1n) is 6.70. The molecule has 4 nitrogen and oxygen atoms in total. The zero-order chi connectivity index (χ0) is 15.4. The predicted molar refractivity (Wildman–Crippen MR) is 82.6 cm³/mol. The van der Waals surface area contributed by atoms with Crippen LogP contribution in [0.15, 0.2) is 36.7 Å². The number of aromatic nitrogens is 2. The van der Waals surface area contributed by atoms with Gasteiger partial charge in [-0.3, -0.25) is 4.79 Å². The van der Waals surface area contributed by atoms with Crippen molar-refractivity contribution in [1.82, 2.24) is 14.9 Å². The number of halogens is 2. The molecular formula is C15H17BrFN3O. The molecule has 1 heterocycles. The maximum absolute atomic E-state index is 13.1. The van der Waals surface area contributed by atoms with Gasteiger partial charge in [0.15, 0.2) is 0 Å². The molecule has 0 fully saturated rings. The summed E-state index contributed by atoms with van der Waals surface area (Å²) < 4.78 is 14.9. The molecule has 2 aromatic rings. The van der Waals surface area contributed by atoms with Crippen molar-refractivity contribution in [2.45, 2.75) is 24.2 Å². The smallest absolute Gasteiger partial charge is 0.234 e. The van der Waals surface area contributed by atoms with Crippen LogP contribution in [0, 0.1) is 5.82 Å². The van der Waals surface area contributed by atoms with Crippen LogP contribution in [0.3, 0.4) is 0 Å². The highest BCUT2D eigenvalue weighted by Crippen LogP contribution is 2.21. The Bertz CT molecular complexity index is 612. The number of benzene rings is 1. The van der Waals surface area contributed by atoms with Crippen LogP contribution in [0.2, 0.25) is 0 Å². The topological polar surface area (TPSA) is 46.9 Å². The quantitative estimate of drug-likeness (QED) is 0.840. The lowest BCUT2D eigenvalue weighted by Gasteiger charge is -2.20. The number of rotatable bonds is 5. The van der Waals surface area contributed by atoms with E-state index in [-0.39, 0.29) is 16.6 Å². The third-order valence-electron chi connectivity index (χ3n) is 3.25. The standard InChI is InChI=1S/C15H17BrFN3O/c1-3-12(16)15(21)19-13(14-18-8-9-20(14)2)10-4-6-11(17)7-5-10/h4-9,12-13H,3H2,1-2H3,(H,19,21). The highest BCUT2D eigenvalue weighted by atomic mass is 79.9. The number of hydrogen-bond acceptors (Lipinski definition) is 2. The van der Waals surface area contributed by atoms with Crippen molar-refractivity contribution in [3.63, 3.8) is 0 Å². The second-order valence-corrected chi connectivity index (χ2v) is 5.87. The minimum absolute atomic E-state index is 0.116. The molecule has 21 heavy (non-hydrogen) atoms. The molecule has 0 bridgehead atoms. The van der Waals surface area contributed by atoms with Gasteiger partial charge in [0.1, 0.15) is 17.7 Å². The van der Waals surface area contributed by atoms with E-state index in [1.54, 1.807) is 18.3 Å². The molecule has 0 saturated heterocycles. The molecule has 6 heteroatoms. The van der Waals surface area contributed by atoms with Crippen LogP contribution in [0.4, 0.5) is 4.39 Å². The summed E-state index contributed by atoms with van der Waals surface area (Å²) in [6.07, 6.45) is 4.16. The molecule has 0 aliphatic heterocycles. The number of imidazole rings is 1. The van der Waals surface area contributed by atoms with Crippen LogP contribution in [-0.4, -0.2) is 20.3 Å². The highest BCUT2D eigenvalue weighted by molar-refractivity contribution is 9.10. The number of nitrogens with one attached hydrogen (secondary N) is 1. The molecule has 1 aromatic carbocycles. The van der Waals surface area contributed by atoms with E-state index >= 15 is 0 Å². The molecule has 0 saturated carbocycles. The van der Waals surface area contributed by atoms with Crippen LogP contribution < -0.4 is 5.32 Å². The summed E-state index contributed by atoms with van der Waals surface area (Å²) in [6, 6.07) is 5.66. The molecule has 2 rings (SSSR count). The molecule has 112 valence electrons. The fourth-order valence-electron chi connectivity index (χ4n) is 2.03. The Hall–Kier alpha value is -1.69. The maximum atomic E-state index is 13.1. The van der Waals surface area contributed by atoms with Gasteiger partial charge in [0.25, 0.3) is 0 Å². The average molecular weight is 354 g/mol. The maximum Gasteiger partial charge on any atom is 0.234 e. The Labute approximate surface area is 131 Å². The summed E-state index contributed by atoms with van der Waals surface area (Å²) >= 11 is 3.34. The number of hydrogen-bond donors (Lipinski definition) is 1. The van der Waals surface area contributed by atoms with Gasteiger partial charge in [0.2, 0.25) is 5.91 Å². The van der Waals surface area contributed by atoms with Crippen LogP contribution in [-0.2, 0) is 11.8 Å². The molecule has 0 spiro atoms. The number of alkyl halides is 1. The van der Waals surface area contributed by atoms with Gasteiger partial charge in [-0.2, -0.15) is 0 Å². The third-order valence-corrected chi connectivity index (χ3v) is 4.31. The van der Waals surface area contributed by atoms with E-state index in [9.17, 15) is 9.18 Å². The van der Waals surface area contributed by atoms with Crippen molar-refractivity contribution in [3.8, 4) is 0 Å². The van der Waals surface area contributed by atoms with Crippen LogP contribution in [0.25, 0.3) is 0 Å². The third kappa shape index (κ3) is 3.69. The van der Waals surface area contributed by atoms with Gasteiger partial charge in [-0.05, 0) is 24.1 Å². The lowest BCUT2D eigenvalue weighted by atomic mass is 10.1. The van der Waals surface area contributed by atoms with E-state index in [1.807, 2.05) is 24.7 Å². The summed E-state index contributed by atoms with van der Waals surface area (Å²) in [5.74, 6) is 0.274. The molecule has 2 unspecified atom stereocenters. The fraction of sp³-hybridized carbons (Fsp3) is 0.333. The lowest BCUT2D eigenvalue weighted by molar-refractivity contribution is -0.121. The van der Waals surface area contributed by atoms with Gasteiger partial charge in [-0.25, -0.2) is 9.37 Å². The van der Waals surface area contributed by atoms with E-state index in [2.05, 4.69) is 26.2 Å². The van der Waals surface area contributed by atoms with Gasteiger partial charge in [0, 0.05) is 19.4 Å². The van der Waals surface area contributed by atoms with E-state index < -0.39 is 6.04 Å². The van der Waals surface area contributed by atoms with Gasteiger partial charge >= 0.3 is 0 Å². The SMILES string of the molecule is CCC(Br)C(=O)NC(c1ccc(F)cc1)c1nccn1C. The van der Waals surface area contributed by atoms with Crippen molar-refractivity contribution in [2.24, 2.45) is 7.05 Å². The molecule has 0 aliphatic rings. The zero-order valence-electron chi connectivity index (χ0n) is 11.9. The molecular weight excluding hydrogens is 337 g/mol. The molecule has 1 N–H and O–H groups in total. The van der Waals surface area contributed by atoms with Gasteiger partial charge < -0.3 is 9.88 Å². The zero-order valence-corrected chi connectivity index (χ0v) is 13.5. The Morgan fingerprint density at radius 1 is 1.43 bits per heavy atom. The van der Waals surface area contributed by atoms with Crippen molar-refractivity contribution < 1.29 is 9.18 Å². The van der Waals surface area contributed by atoms with E-state index in [1.165, 1.54) is 12.1 Å². The largest absolute Gasteiger partial charge is 0.341 e. The Kier molecular flexibility index (Phi) is 5.12. The molecule has 2 atom stereocenters. The first-order chi connectivity index (χ1) is 10.0. The van der Waals surface area contributed by atoms with Gasteiger partial charge in [0.05, 0.1) is 4.83 Å². The Morgan fingerprint density at radius 2 is 2.10 bits per heavy atom. The van der Waals surface area contributed by atoms with Crippen molar-refractivity contribution in [1.29, 1.82) is 0 Å². The summed E-state index contributed by atoms with van der Waals surface area (Å²) in [7, 11) is 1.86. The van der Waals surface area contributed by atoms with Crippen LogP contribution in [0.1, 0.15) is 30.8 Å². The van der Waals surface area contributed by atoms with E-state index in [0.717, 1.165) is 5.56 Å². The average Bonchev–Trinajstić information content (AvgIpc) is 2.90. The number of carbonyl (C=O) groups excluding carboxylic acids is 1. The monoisotopic (exact) mass is 353 g/mol. The minimum Gasteiger partial charge on any atom is -0.341 e. The minimum atomic E-state index is -0.412. The first kappa shape index (κ1) is 15.7. The van der Waals surface area contributed by atoms with E-state index in [4.69, 9.17) is 0 Å². The van der Waals surface area contributed by atoms with Gasteiger partial charge in [-0.15, -0.1) is 0 Å². The van der Waals surface area contributed by atoms with Crippen LogP contribution in [0.5, 0.6) is 0 Å². The van der Waals surface area contributed by atoms with Crippen molar-refractivity contribution in [2.75, 3.05) is 0 Å². The second-order valence-electron chi connectivity index (χ2n) is 4.77. The number of nitrogens with zero attached hydrogens (tertiary/aromatic N) is 2. The Morgan fingerprint density at radius 3 is 2.62 bits per heavy atom. The molecule has 1 amide bonds. The predicted octanol–water partition coefficient (Wildman–Crippen LogP) is 2.94. The van der Waals surface area contributed by atoms with Crippen molar-refractivity contribution in [3.05, 3.63) is 53.9 Å². The first-order valence-corrected chi connectivity index (χ1v) is 7.61. The fourth-order valence-corrected chi connectivity index (χ4v) is 2.16. The molecule has 0 aliphatic carbocycles. The lowest BCUT2D eigenvalue weighted by Crippen LogP contribution is -2.35. The van der Waals surface area contributed by atoms with Crippen molar-refractivity contribution >= 4 is 21.8 Å².